The highest BCUT2D eigenvalue weighted by Gasteiger charge is 2.26. The molecule has 2 heterocycles. The predicted octanol–water partition coefficient (Wildman–Crippen LogP) is 4.34. The number of alkyl halides is 2. The summed E-state index contributed by atoms with van der Waals surface area (Å²) >= 11 is 0. The molecule has 29 heavy (non-hydrogen) atoms. The minimum atomic E-state index is -2.97. The second kappa shape index (κ2) is 7.64. The van der Waals surface area contributed by atoms with Crippen molar-refractivity contribution in [2.75, 3.05) is 5.32 Å². The summed E-state index contributed by atoms with van der Waals surface area (Å²) in [6, 6.07) is 1.01. The number of hydrogen-bond acceptors (Lipinski definition) is 3. The molecule has 11 heteroatoms. The number of amides is 1. The summed E-state index contributed by atoms with van der Waals surface area (Å²) in [4.78, 5) is 12.5. The summed E-state index contributed by atoms with van der Waals surface area (Å²) in [5.74, 6) is -4.73. The number of halogens is 5. The molecule has 1 amide bonds. The van der Waals surface area contributed by atoms with E-state index in [0.29, 0.717) is 12.1 Å². The van der Waals surface area contributed by atoms with E-state index in [1.54, 1.807) is 13.8 Å². The summed E-state index contributed by atoms with van der Waals surface area (Å²) in [6.07, 6.45) is -0.699. The Kier molecular flexibility index (Phi) is 5.40. The van der Waals surface area contributed by atoms with Gasteiger partial charge in [-0.15, -0.1) is 0 Å². The molecule has 0 radical (unpaired) electrons. The first-order valence-electron chi connectivity index (χ1n) is 8.46. The van der Waals surface area contributed by atoms with Gasteiger partial charge in [0.2, 0.25) is 0 Å². The molecule has 0 saturated heterocycles. The third-order valence-electron chi connectivity index (χ3n) is 4.10. The van der Waals surface area contributed by atoms with Crippen LogP contribution in [0.25, 0.3) is 5.69 Å². The molecule has 1 aromatic carbocycles. The fourth-order valence-corrected chi connectivity index (χ4v) is 2.96. The zero-order chi connectivity index (χ0) is 21.5. The van der Waals surface area contributed by atoms with Gasteiger partial charge in [0.05, 0.1) is 23.1 Å². The Balaban J connectivity index is 2.04. The van der Waals surface area contributed by atoms with Gasteiger partial charge in [0.15, 0.2) is 11.6 Å². The van der Waals surface area contributed by atoms with E-state index >= 15 is 0 Å². The van der Waals surface area contributed by atoms with E-state index in [9.17, 15) is 26.7 Å². The fraction of sp³-hybridized carbons (Fsp3) is 0.278. The fourth-order valence-electron chi connectivity index (χ4n) is 2.96. The zero-order valence-corrected chi connectivity index (χ0v) is 15.6. The van der Waals surface area contributed by atoms with Gasteiger partial charge >= 0.3 is 0 Å². The lowest BCUT2D eigenvalue weighted by molar-refractivity contribution is 0.101. The molecule has 0 bridgehead atoms. The molecule has 0 atom stereocenters. The van der Waals surface area contributed by atoms with Crippen LogP contribution in [-0.2, 0) is 7.05 Å². The maximum atomic E-state index is 14.2. The molecule has 0 aliphatic heterocycles. The van der Waals surface area contributed by atoms with Gasteiger partial charge in [-0.25, -0.2) is 26.6 Å². The Morgan fingerprint density at radius 2 is 1.76 bits per heavy atom. The number of aromatic nitrogens is 4. The third-order valence-corrected chi connectivity index (χ3v) is 4.10. The van der Waals surface area contributed by atoms with Crippen LogP contribution in [0.4, 0.5) is 27.6 Å². The van der Waals surface area contributed by atoms with Crippen molar-refractivity contribution in [2.45, 2.75) is 26.2 Å². The molecule has 154 valence electrons. The molecule has 0 aliphatic carbocycles. The van der Waals surface area contributed by atoms with Crippen molar-refractivity contribution in [1.82, 2.24) is 19.6 Å². The molecule has 2 aromatic heterocycles. The van der Waals surface area contributed by atoms with E-state index in [1.165, 1.54) is 7.05 Å². The van der Waals surface area contributed by atoms with Crippen LogP contribution < -0.4 is 5.32 Å². The van der Waals surface area contributed by atoms with Gasteiger partial charge in [0, 0.05) is 25.4 Å². The second-order valence-corrected chi connectivity index (χ2v) is 6.58. The van der Waals surface area contributed by atoms with E-state index in [0.717, 1.165) is 21.8 Å². The van der Waals surface area contributed by atoms with Crippen molar-refractivity contribution in [3.8, 4) is 5.69 Å². The van der Waals surface area contributed by atoms with Gasteiger partial charge in [0.25, 0.3) is 12.3 Å². The first-order valence-corrected chi connectivity index (χ1v) is 8.46. The first kappa shape index (κ1) is 20.5. The van der Waals surface area contributed by atoms with Crippen LogP contribution in [0.5, 0.6) is 0 Å². The molecule has 6 nitrogen and oxygen atoms in total. The smallest absolute Gasteiger partial charge is 0.282 e. The molecule has 0 saturated carbocycles. The molecular formula is C18H16F5N5O. The van der Waals surface area contributed by atoms with Gasteiger partial charge < -0.3 is 5.32 Å². The van der Waals surface area contributed by atoms with Crippen molar-refractivity contribution < 1.29 is 26.7 Å². The maximum absolute atomic E-state index is 14.2. The summed E-state index contributed by atoms with van der Waals surface area (Å²) in [5, 5.41) is 9.89. The molecule has 3 rings (SSSR count). The number of hydrogen-bond donors (Lipinski definition) is 1. The SMILES string of the molecule is CC(C)c1c(NC(=O)c2cn(C)nc2C(F)F)cnn1-c1c(F)cc(F)cc1F. The van der Waals surface area contributed by atoms with Gasteiger partial charge in [0.1, 0.15) is 17.2 Å². The van der Waals surface area contributed by atoms with Crippen LogP contribution in [0.3, 0.4) is 0 Å². The molecule has 0 spiro atoms. The van der Waals surface area contributed by atoms with Crippen LogP contribution in [0, 0.1) is 17.5 Å². The van der Waals surface area contributed by atoms with Crippen molar-refractivity contribution in [3.63, 3.8) is 0 Å². The number of nitrogens with zero attached hydrogens (tertiary/aromatic N) is 4. The van der Waals surface area contributed by atoms with Gasteiger partial charge in [-0.1, -0.05) is 13.8 Å². The number of carbonyl (C=O) groups is 1. The molecule has 3 aromatic rings. The summed E-state index contributed by atoms with van der Waals surface area (Å²) in [6.45, 7) is 3.36. The highest BCUT2D eigenvalue weighted by atomic mass is 19.3. The van der Waals surface area contributed by atoms with Crippen molar-refractivity contribution >= 4 is 11.6 Å². The standard InChI is InChI=1S/C18H16F5N5O/c1-8(2)15-13(25-18(29)10-7-27(3)26-14(10)17(22)23)6-24-28(15)16-11(20)4-9(19)5-12(16)21/h4-8,17H,1-3H3,(H,25,29). The van der Waals surface area contributed by atoms with Crippen LogP contribution in [0.15, 0.2) is 24.5 Å². The lowest BCUT2D eigenvalue weighted by atomic mass is 10.1. The van der Waals surface area contributed by atoms with Gasteiger partial charge in [-0.3, -0.25) is 9.48 Å². The summed E-state index contributed by atoms with van der Waals surface area (Å²) in [5.41, 5.74) is -1.39. The predicted molar refractivity (Wildman–Crippen MR) is 93.6 cm³/mol. The molecule has 1 N–H and O–H groups in total. The van der Waals surface area contributed by atoms with E-state index in [-0.39, 0.29) is 22.9 Å². The number of nitrogens with one attached hydrogen (secondary N) is 1. The quantitative estimate of drug-likeness (QED) is 0.633. The first-order chi connectivity index (χ1) is 13.6. The minimum absolute atomic E-state index is 0.0668. The van der Waals surface area contributed by atoms with E-state index in [1.807, 2.05) is 0 Å². The number of rotatable bonds is 5. The number of aryl methyl sites for hydroxylation is 1. The lowest BCUT2D eigenvalue weighted by Gasteiger charge is -2.14. The van der Waals surface area contributed by atoms with Crippen LogP contribution in [0.1, 0.15) is 47.9 Å². The minimum Gasteiger partial charge on any atom is -0.319 e. The lowest BCUT2D eigenvalue weighted by Crippen LogP contribution is -2.16. The van der Waals surface area contributed by atoms with Crippen LogP contribution >= 0.6 is 0 Å². The number of carbonyl (C=O) groups excluding carboxylic acids is 1. The number of benzene rings is 1. The van der Waals surface area contributed by atoms with E-state index < -0.39 is 41.2 Å². The highest BCUT2D eigenvalue weighted by molar-refractivity contribution is 6.05. The van der Waals surface area contributed by atoms with Crippen molar-refractivity contribution in [1.29, 1.82) is 0 Å². The Bertz CT molecular complexity index is 1050. The Hall–Kier alpha value is -3.24. The summed E-state index contributed by atoms with van der Waals surface area (Å²) in [7, 11) is 1.39. The van der Waals surface area contributed by atoms with E-state index in [4.69, 9.17) is 0 Å². The normalized spacial score (nSPS) is 11.5. The molecule has 0 aliphatic rings. The Labute approximate surface area is 161 Å². The Morgan fingerprint density at radius 3 is 2.31 bits per heavy atom. The number of anilines is 1. The maximum Gasteiger partial charge on any atom is 0.282 e. The van der Waals surface area contributed by atoms with Crippen LogP contribution in [-0.4, -0.2) is 25.5 Å². The summed E-state index contributed by atoms with van der Waals surface area (Å²) < 4.78 is 69.8. The highest BCUT2D eigenvalue weighted by Crippen LogP contribution is 2.30. The molecule has 0 unspecified atom stereocenters. The van der Waals surface area contributed by atoms with Crippen molar-refractivity contribution in [3.05, 3.63) is 58.9 Å². The largest absolute Gasteiger partial charge is 0.319 e. The topological polar surface area (TPSA) is 64.7 Å². The average Bonchev–Trinajstić information content (AvgIpc) is 3.18. The molecular weight excluding hydrogens is 397 g/mol. The zero-order valence-electron chi connectivity index (χ0n) is 15.6. The average molecular weight is 413 g/mol. The van der Waals surface area contributed by atoms with Crippen LogP contribution in [0.2, 0.25) is 0 Å². The van der Waals surface area contributed by atoms with E-state index in [2.05, 4.69) is 15.5 Å². The van der Waals surface area contributed by atoms with Crippen molar-refractivity contribution in [2.24, 2.45) is 7.05 Å². The Morgan fingerprint density at radius 1 is 1.14 bits per heavy atom. The monoisotopic (exact) mass is 413 g/mol. The second-order valence-electron chi connectivity index (χ2n) is 6.58. The third kappa shape index (κ3) is 3.84. The van der Waals surface area contributed by atoms with Gasteiger partial charge in [-0.2, -0.15) is 10.2 Å². The molecule has 0 fully saturated rings. The van der Waals surface area contributed by atoms with Gasteiger partial charge in [-0.05, 0) is 5.92 Å².